The van der Waals surface area contributed by atoms with Crippen LogP contribution in [0.1, 0.15) is 16.8 Å². The zero-order valence-electron chi connectivity index (χ0n) is 11.6. The van der Waals surface area contributed by atoms with Crippen molar-refractivity contribution in [2.45, 2.75) is 13.5 Å². The molecule has 4 N–H and O–H groups in total. The Morgan fingerprint density at radius 3 is 2.32 bits per heavy atom. The van der Waals surface area contributed by atoms with E-state index in [-0.39, 0.29) is 37.0 Å². The van der Waals surface area contributed by atoms with Gasteiger partial charge in [-0.2, -0.15) is 5.10 Å². The molecule has 1 heterocycles. The number of aliphatic carboxylic acids is 2. The number of carbonyl (C=O) groups is 2. The van der Waals surface area contributed by atoms with E-state index in [9.17, 15) is 19.8 Å². The van der Waals surface area contributed by atoms with E-state index in [1.807, 2.05) is 0 Å². The number of pyridine rings is 1. The van der Waals surface area contributed by atoms with Crippen LogP contribution in [0.2, 0.25) is 0 Å². The van der Waals surface area contributed by atoms with Gasteiger partial charge >= 0.3 is 11.9 Å². The standard InChI is InChI=1S/C12H15N3O6.Tc/c1-7-12(21)9(8(6-16)2-13-7)3-14-15(4-10(17)18)5-11(19)20;/h2-3,16,21H,4-6H2,1H3,(H,17,18)(H,19,20);/b14-3-;/i;1+1. The molecular formula is C12H15N3O6Tc. The van der Waals surface area contributed by atoms with Crippen LogP contribution in [0.15, 0.2) is 11.3 Å². The van der Waals surface area contributed by atoms with Crippen LogP contribution in [0.5, 0.6) is 5.75 Å². The van der Waals surface area contributed by atoms with E-state index in [1.54, 1.807) is 6.92 Å². The molecule has 0 bridgehead atoms. The van der Waals surface area contributed by atoms with Gasteiger partial charge in [-0.25, -0.2) is 0 Å². The SMILES string of the molecule is Cc1ncc(CO)c(/C=N\N(CC(=O)O)CC(=O)O)c1O.[99Tc]. The second-order valence-corrected chi connectivity index (χ2v) is 4.14. The van der Waals surface area contributed by atoms with E-state index in [4.69, 9.17) is 10.2 Å². The molecule has 1 rings (SSSR count). The van der Waals surface area contributed by atoms with Gasteiger partial charge in [-0.3, -0.25) is 19.6 Å². The topological polar surface area (TPSA) is 144 Å². The molecule has 1 radical (unpaired) electrons. The number of nitrogens with zero attached hydrogens (tertiary/aromatic N) is 3. The molecule has 0 aliphatic rings. The largest absolute Gasteiger partial charge is 0.505 e. The Morgan fingerprint density at radius 1 is 1.32 bits per heavy atom. The van der Waals surface area contributed by atoms with Gasteiger partial charge in [0.05, 0.1) is 18.5 Å². The van der Waals surface area contributed by atoms with Crippen LogP contribution in [-0.4, -0.2) is 61.7 Å². The molecule has 0 unspecified atom stereocenters. The van der Waals surface area contributed by atoms with Gasteiger partial charge in [0.1, 0.15) is 18.8 Å². The normalized spacial score (nSPS) is 10.3. The van der Waals surface area contributed by atoms with Gasteiger partial charge in [-0.15, -0.1) is 0 Å². The average molecular weight is 396 g/mol. The quantitative estimate of drug-likeness (QED) is 0.353. The van der Waals surface area contributed by atoms with Gasteiger partial charge in [-0.1, -0.05) is 0 Å². The number of hydrogen-bond acceptors (Lipinski definition) is 7. The van der Waals surface area contributed by atoms with Crippen molar-refractivity contribution in [3.05, 3.63) is 23.0 Å². The molecule has 0 amide bonds. The predicted molar refractivity (Wildman–Crippen MR) is 71.0 cm³/mol. The van der Waals surface area contributed by atoms with Crippen molar-refractivity contribution in [2.24, 2.45) is 5.10 Å². The van der Waals surface area contributed by atoms with Crippen molar-refractivity contribution in [3.63, 3.8) is 0 Å². The fourth-order valence-electron chi connectivity index (χ4n) is 1.51. The summed E-state index contributed by atoms with van der Waals surface area (Å²) in [6, 6.07) is 0. The summed E-state index contributed by atoms with van der Waals surface area (Å²) in [6.07, 6.45) is 2.44. The minimum atomic E-state index is -1.24. The third kappa shape index (κ3) is 5.76. The summed E-state index contributed by atoms with van der Waals surface area (Å²) >= 11 is 0. The average Bonchev–Trinajstić information content (AvgIpc) is 2.38. The maximum absolute atomic E-state index is 10.6. The smallest absolute Gasteiger partial charge is 0.324 e. The van der Waals surface area contributed by atoms with Crippen molar-refractivity contribution in [3.8, 4) is 5.75 Å². The molecule has 10 heteroatoms. The van der Waals surface area contributed by atoms with Gasteiger partial charge in [0.15, 0.2) is 0 Å². The van der Waals surface area contributed by atoms with Gasteiger partial charge in [0.2, 0.25) is 0 Å². The third-order valence-electron chi connectivity index (χ3n) is 2.51. The summed E-state index contributed by atoms with van der Waals surface area (Å²) in [5.74, 6) is -2.70. The number of carboxylic acids is 2. The second kappa shape index (κ2) is 9.08. The van der Waals surface area contributed by atoms with Crippen molar-refractivity contribution in [1.29, 1.82) is 0 Å². The Hall–Kier alpha value is -2.03. The first kappa shape index (κ1) is 20.0. The summed E-state index contributed by atoms with van der Waals surface area (Å²) in [5.41, 5.74) is 0.745. The zero-order chi connectivity index (χ0) is 16.0. The first-order valence-electron chi connectivity index (χ1n) is 5.86. The molecule has 0 saturated carbocycles. The molecule has 0 saturated heterocycles. The summed E-state index contributed by atoms with van der Waals surface area (Å²) < 4.78 is 0. The zero-order valence-corrected chi connectivity index (χ0v) is 13.5. The van der Waals surface area contributed by atoms with Crippen molar-refractivity contribution in [2.75, 3.05) is 13.1 Å². The van der Waals surface area contributed by atoms with Gasteiger partial charge in [0.25, 0.3) is 0 Å². The Labute approximate surface area is 139 Å². The maximum Gasteiger partial charge on any atom is 0.324 e. The number of aliphatic hydroxyl groups excluding tert-OH is 1. The molecular weight excluding hydrogens is 381 g/mol. The summed E-state index contributed by atoms with van der Waals surface area (Å²) in [4.78, 5) is 25.1. The molecule has 0 aromatic carbocycles. The van der Waals surface area contributed by atoms with Crippen LogP contribution >= 0.6 is 0 Å². The van der Waals surface area contributed by atoms with Crippen LogP contribution in [0, 0.1) is 6.92 Å². The molecule has 0 fully saturated rings. The van der Waals surface area contributed by atoms with E-state index >= 15 is 0 Å². The number of aromatic hydroxyl groups is 1. The Kier molecular flexibility index (Phi) is 8.24. The predicted octanol–water partition coefficient (Wildman–Crippen LogP) is -0.609. The van der Waals surface area contributed by atoms with E-state index in [0.717, 1.165) is 11.2 Å². The van der Waals surface area contributed by atoms with Gasteiger partial charge < -0.3 is 20.4 Å². The van der Waals surface area contributed by atoms with Crippen LogP contribution in [0.4, 0.5) is 0 Å². The van der Waals surface area contributed by atoms with E-state index in [1.165, 1.54) is 6.20 Å². The third-order valence-corrected chi connectivity index (χ3v) is 2.51. The number of carboxylic acid groups (broad SMARTS) is 2. The molecule has 0 aliphatic carbocycles. The van der Waals surface area contributed by atoms with E-state index in [2.05, 4.69) is 10.1 Å². The van der Waals surface area contributed by atoms with Crippen LogP contribution in [-0.2, 0) is 36.3 Å². The first-order valence-corrected chi connectivity index (χ1v) is 5.86. The van der Waals surface area contributed by atoms with Crippen LogP contribution in [0.25, 0.3) is 0 Å². The molecule has 9 nitrogen and oxygen atoms in total. The van der Waals surface area contributed by atoms with Crippen molar-refractivity contribution in [1.82, 2.24) is 9.99 Å². The Balaban J connectivity index is 0.00000441. The first-order chi connectivity index (χ1) is 9.85. The minimum Gasteiger partial charge on any atom is -0.505 e. The fraction of sp³-hybridized carbons (Fsp3) is 0.333. The molecule has 22 heavy (non-hydrogen) atoms. The number of hydrogen-bond donors (Lipinski definition) is 4. The van der Waals surface area contributed by atoms with Gasteiger partial charge in [-0.05, 0) is 6.92 Å². The number of hydrazone groups is 1. The monoisotopic (exact) mass is 396 g/mol. The molecule has 1 aromatic heterocycles. The number of aryl methyl sites for hydroxylation is 1. The second-order valence-electron chi connectivity index (χ2n) is 4.14. The number of aliphatic hydroxyl groups is 1. The summed E-state index contributed by atoms with van der Waals surface area (Å²) in [7, 11) is 0. The molecule has 1 aromatic rings. The Bertz CT molecular complexity index is 562. The van der Waals surface area contributed by atoms with E-state index < -0.39 is 31.6 Å². The molecule has 121 valence electrons. The minimum absolute atomic E-state index is 0. The number of rotatable bonds is 7. The Morgan fingerprint density at radius 2 is 1.86 bits per heavy atom. The molecule has 0 atom stereocenters. The van der Waals surface area contributed by atoms with E-state index in [0.29, 0.717) is 5.69 Å². The molecule has 0 aliphatic heterocycles. The summed E-state index contributed by atoms with van der Waals surface area (Å²) in [6.45, 7) is -0.0790. The number of aromatic nitrogens is 1. The van der Waals surface area contributed by atoms with Crippen molar-refractivity contribution < 1.29 is 50.1 Å². The summed E-state index contributed by atoms with van der Waals surface area (Å²) in [5, 5.41) is 41.0. The fourth-order valence-corrected chi connectivity index (χ4v) is 1.51. The van der Waals surface area contributed by atoms with Crippen molar-refractivity contribution >= 4 is 18.2 Å². The van der Waals surface area contributed by atoms with Gasteiger partial charge in [0, 0.05) is 37.4 Å². The maximum atomic E-state index is 10.6. The van der Waals surface area contributed by atoms with Crippen LogP contribution < -0.4 is 0 Å². The molecule has 0 spiro atoms. The van der Waals surface area contributed by atoms with Crippen LogP contribution in [0.3, 0.4) is 0 Å².